The van der Waals surface area contributed by atoms with Gasteiger partial charge in [0.1, 0.15) is 12.2 Å². The molecular formula is C13H17ClN4OS2. The predicted molar refractivity (Wildman–Crippen MR) is 89.7 cm³/mol. The van der Waals surface area contributed by atoms with E-state index in [0.717, 1.165) is 23.8 Å². The minimum atomic E-state index is -0.176. The van der Waals surface area contributed by atoms with Gasteiger partial charge in [-0.05, 0) is 6.92 Å². The highest BCUT2D eigenvalue weighted by Gasteiger charge is 2.23. The van der Waals surface area contributed by atoms with E-state index in [0.29, 0.717) is 16.6 Å². The van der Waals surface area contributed by atoms with Crippen molar-refractivity contribution in [1.82, 2.24) is 19.5 Å². The van der Waals surface area contributed by atoms with Gasteiger partial charge in [-0.1, -0.05) is 0 Å². The average molecular weight is 345 g/mol. The molecule has 21 heavy (non-hydrogen) atoms. The van der Waals surface area contributed by atoms with Crippen LogP contribution in [0.3, 0.4) is 0 Å². The summed E-state index contributed by atoms with van der Waals surface area (Å²) in [6.07, 6.45) is 1.52. The maximum absolute atomic E-state index is 6.31. The molecule has 1 fully saturated rings. The van der Waals surface area contributed by atoms with Crippen LogP contribution in [0.1, 0.15) is 18.1 Å². The highest BCUT2D eigenvalue weighted by molar-refractivity contribution is 8.06. The van der Waals surface area contributed by atoms with Crippen molar-refractivity contribution in [3.05, 3.63) is 12.2 Å². The van der Waals surface area contributed by atoms with E-state index in [1.54, 1.807) is 7.11 Å². The topological polar surface area (TPSA) is 52.8 Å². The van der Waals surface area contributed by atoms with Crippen LogP contribution < -0.4 is 4.74 Å². The Labute approximate surface area is 137 Å². The number of alkyl halides is 1. The average Bonchev–Trinajstić information content (AvgIpc) is 2.87. The molecule has 5 nitrogen and oxygen atoms in total. The van der Waals surface area contributed by atoms with Gasteiger partial charge in [-0.2, -0.15) is 28.5 Å². The summed E-state index contributed by atoms with van der Waals surface area (Å²) in [5, 5.41) is 0.390. The van der Waals surface area contributed by atoms with Gasteiger partial charge in [-0.3, -0.25) is 0 Å². The summed E-state index contributed by atoms with van der Waals surface area (Å²) < 4.78 is 7.41. The van der Waals surface area contributed by atoms with Gasteiger partial charge in [-0.25, -0.2) is 9.97 Å². The van der Waals surface area contributed by atoms with E-state index in [1.165, 1.54) is 17.8 Å². The van der Waals surface area contributed by atoms with Gasteiger partial charge in [0.05, 0.1) is 12.5 Å². The van der Waals surface area contributed by atoms with Crippen molar-refractivity contribution < 1.29 is 4.74 Å². The standard InChI is InChI=1S/C13H17ClN4OS2/c1-8(14)11-17-10-12(15-7-16-13(10)19-2)18(11)5-9-6-20-3-4-21-9/h7-9H,3-6H2,1-2H3. The Morgan fingerprint density at radius 2 is 2.33 bits per heavy atom. The van der Waals surface area contributed by atoms with Gasteiger partial charge in [0, 0.05) is 29.1 Å². The summed E-state index contributed by atoms with van der Waals surface area (Å²) in [5.74, 6) is 4.93. The number of rotatable bonds is 4. The van der Waals surface area contributed by atoms with Gasteiger partial charge in [0.15, 0.2) is 11.2 Å². The Bertz CT molecular complexity index is 628. The van der Waals surface area contributed by atoms with Gasteiger partial charge >= 0.3 is 0 Å². The zero-order chi connectivity index (χ0) is 14.8. The van der Waals surface area contributed by atoms with Crippen LogP contribution in [0.15, 0.2) is 6.33 Å². The molecule has 2 unspecified atom stereocenters. The summed E-state index contributed by atoms with van der Waals surface area (Å²) in [4.78, 5) is 13.1. The summed E-state index contributed by atoms with van der Waals surface area (Å²) in [5.41, 5.74) is 1.50. The monoisotopic (exact) mass is 344 g/mol. The number of fused-ring (bicyclic) bond motifs is 1. The first-order valence-electron chi connectivity index (χ1n) is 6.79. The lowest BCUT2D eigenvalue weighted by Crippen LogP contribution is -2.22. The van der Waals surface area contributed by atoms with Crippen molar-refractivity contribution in [1.29, 1.82) is 0 Å². The van der Waals surface area contributed by atoms with Crippen LogP contribution in [0.4, 0.5) is 0 Å². The SMILES string of the molecule is COc1ncnc2c1nc(C(C)Cl)n2CC1CSCCS1. The van der Waals surface area contributed by atoms with Crippen LogP contribution >= 0.6 is 35.1 Å². The van der Waals surface area contributed by atoms with Gasteiger partial charge in [0.2, 0.25) is 5.88 Å². The Morgan fingerprint density at radius 3 is 3.00 bits per heavy atom. The third-order valence-electron chi connectivity index (χ3n) is 3.35. The van der Waals surface area contributed by atoms with E-state index < -0.39 is 0 Å². The first-order valence-corrected chi connectivity index (χ1v) is 9.43. The van der Waals surface area contributed by atoms with E-state index in [4.69, 9.17) is 16.3 Å². The van der Waals surface area contributed by atoms with Crippen LogP contribution in [-0.2, 0) is 6.54 Å². The van der Waals surface area contributed by atoms with E-state index in [1.807, 2.05) is 30.4 Å². The van der Waals surface area contributed by atoms with Crippen LogP contribution in [0, 0.1) is 0 Å². The molecule has 2 atom stereocenters. The summed E-state index contributed by atoms with van der Waals surface area (Å²) >= 11 is 10.3. The van der Waals surface area contributed by atoms with Crippen LogP contribution in [0.25, 0.3) is 11.2 Å². The zero-order valence-corrected chi connectivity index (χ0v) is 14.3. The second kappa shape index (κ2) is 6.62. The number of halogens is 1. The molecule has 2 aromatic rings. The quantitative estimate of drug-likeness (QED) is 0.795. The van der Waals surface area contributed by atoms with Crippen molar-refractivity contribution >= 4 is 46.3 Å². The molecule has 0 aromatic carbocycles. The molecule has 1 saturated heterocycles. The summed E-state index contributed by atoms with van der Waals surface area (Å²) in [7, 11) is 1.60. The fourth-order valence-electron chi connectivity index (χ4n) is 2.41. The van der Waals surface area contributed by atoms with E-state index in [9.17, 15) is 0 Å². The minimum absolute atomic E-state index is 0.176. The Kier molecular flexibility index (Phi) is 4.81. The van der Waals surface area contributed by atoms with Crippen LogP contribution in [-0.4, -0.2) is 49.1 Å². The lowest BCUT2D eigenvalue weighted by Gasteiger charge is -2.22. The minimum Gasteiger partial charge on any atom is -0.479 e. The summed E-state index contributed by atoms with van der Waals surface area (Å²) in [6, 6.07) is 0. The second-order valence-electron chi connectivity index (χ2n) is 4.82. The predicted octanol–water partition coefficient (Wildman–Crippen LogP) is 2.98. The zero-order valence-electron chi connectivity index (χ0n) is 12.0. The molecule has 3 heterocycles. The molecule has 3 rings (SSSR count). The molecule has 0 aliphatic carbocycles. The van der Waals surface area contributed by atoms with Crippen molar-refractivity contribution in [2.75, 3.05) is 24.4 Å². The Morgan fingerprint density at radius 1 is 1.48 bits per heavy atom. The number of nitrogens with zero attached hydrogens (tertiary/aromatic N) is 4. The molecule has 8 heteroatoms. The smallest absolute Gasteiger partial charge is 0.245 e. The Hall–Kier alpha value is -0.660. The molecule has 0 bridgehead atoms. The Balaban J connectivity index is 2.03. The van der Waals surface area contributed by atoms with Crippen molar-refractivity contribution in [3.63, 3.8) is 0 Å². The van der Waals surface area contributed by atoms with Gasteiger partial charge in [-0.15, -0.1) is 11.6 Å². The molecule has 1 aliphatic rings. The third kappa shape index (κ3) is 3.10. The number of methoxy groups -OCH3 is 1. The molecule has 114 valence electrons. The number of hydrogen-bond donors (Lipinski definition) is 0. The number of thioether (sulfide) groups is 2. The normalized spacial score (nSPS) is 20.6. The molecule has 0 spiro atoms. The molecule has 1 aliphatic heterocycles. The van der Waals surface area contributed by atoms with E-state index >= 15 is 0 Å². The van der Waals surface area contributed by atoms with E-state index in [2.05, 4.69) is 19.5 Å². The molecular weight excluding hydrogens is 328 g/mol. The van der Waals surface area contributed by atoms with Gasteiger partial charge < -0.3 is 9.30 Å². The highest BCUT2D eigenvalue weighted by Crippen LogP contribution is 2.31. The number of aromatic nitrogens is 4. The maximum atomic E-state index is 6.31. The second-order valence-corrected chi connectivity index (χ2v) is 8.03. The first kappa shape index (κ1) is 15.2. The van der Waals surface area contributed by atoms with Crippen LogP contribution in [0.5, 0.6) is 5.88 Å². The van der Waals surface area contributed by atoms with Crippen molar-refractivity contribution in [2.45, 2.75) is 24.1 Å². The number of ether oxygens (including phenoxy) is 1. The molecule has 2 aromatic heterocycles. The fraction of sp³-hybridized carbons (Fsp3) is 0.615. The lowest BCUT2D eigenvalue weighted by molar-refractivity contribution is 0.401. The largest absolute Gasteiger partial charge is 0.479 e. The number of imidazole rings is 1. The highest BCUT2D eigenvalue weighted by atomic mass is 35.5. The third-order valence-corrected chi connectivity index (χ3v) is 6.37. The summed E-state index contributed by atoms with van der Waals surface area (Å²) in [6.45, 7) is 2.81. The maximum Gasteiger partial charge on any atom is 0.245 e. The molecule has 0 saturated carbocycles. The van der Waals surface area contributed by atoms with Gasteiger partial charge in [0.25, 0.3) is 0 Å². The lowest BCUT2D eigenvalue weighted by atomic mass is 10.4. The van der Waals surface area contributed by atoms with Crippen LogP contribution in [0.2, 0.25) is 0 Å². The fourth-order valence-corrected chi connectivity index (χ4v) is 5.23. The molecule has 0 amide bonds. The van der Waals surface area contributed by atoms with E-state index in [-0.39, 0.29) is 5.38 Å². The number of hydrogen-bond acceptors (Lipinski definition) is 6. The van der Waals surface area contributed by atoms with Crippen molar-refractivity contribution in [2.24, 2.45) is 0 Å². The van der Waals surface area contributed by atoms with Crippen molar-refractivity contribution in [3.8, 4) is 5.88 Å². The molecule has 0 N–H and O–H groups in total. The first-order chi connectivity index (χ1) is 10.2. The molecule has 0 radical (unpaired) electrons.